The Labute approximate surface area is 104 Å². The molecule has 0 aliphatic heterocycles. The van der Waals surface area contributed by atoms with Gasteiger partial charge in [-0.1, -0.05) is 18.2 Å². The van der Waals surface area contributed by atoms with Crippen LogP contribution in [0, 0.1) is 17.0 Å². The van der Waals surface area contributed by atoms with Crippen molar-refractivity contribution in [2.24, 2.45) is 5.73 Å². The molecule has 0 aliphatic carbocycles. The first-order valence-electron chi connectivity index (χ1n) is 4.64. The highest BCUT2D eigenvalue weighted by Gasteiger charge is 2.21. The first kappa shape index (κ1) is 15.3. The smallest absolute Gasteiger partial charge is 0.320 e. The number of hydrogen-bond acceptors (Lipinski definition) is 4. The van der Waals surface area contributed by atoms with Crippen molar-refractivity contribution < 1.29 is 14.8 Å². The van der Waals surface area contributed by atoms with E-state index in [2.05, 4.69) is 0 Å². The maximum absolute atomic E-state index is 10.8. The molecule has 7 heteroatoms. The van der Waals surface area contributed by atoms with Crippen LogP contribution in [-0.4, -0.2) is 22.0 Å². The van der Waals surface area contributed by atoms with Gasteiger partial charge in [0.1, 0.15) is 6.04 Å². The van der Waals surface area contributed by atoms with E-state index in [0.717, 1.165) is 0 Å². The van der Waals surface area contributed by atoms with E-state index in [0.29, 0.717) is 11.1 Å². The number of carbonyl (C=O) groups is 1. The van der Waals surface area contributed by atoms with Crippen molar-refractivity contribution in [3.63, 3.8) is 0 Å². The molecule has 0 saturated carbocycles. The molecule has 1 rings (SSSR count). The highest BCUT2D eigenvalue weighted by atomic mass is 35.5. The third-order valence-electron chi connectivity index (χ3n) is 2.26. The molecule has 0 radical (unpaired) electrons. The van der Waals surface area contributed by atoms with Gasteiger partial charge in [0.2, 0.25) is 0 Å². The van der Waals surface area contributed by atoms with Crippen molar-refractivity contribution in [1.82, 2.24) is 0 Å². The van der Waals surface area contributed by atoms with Crippen molar-refractivity contribution in [1.29, 1.82) is 0 Å². The number of nitro benzene ring substituents is 1. The molecule has 6 nitrogen and oxygen atoms in total. The Kier molecular flexibility index (Phi) is 5.57. The molecule has 0 aliphatic rings. The van der Waals surface area contributed by atoms with Gasteiger partial charge in [-0.2, -0.15) is 0 Å². The number of rotatable bonds is 4. The van der Waals surface area contributed by atoms with Gasteiger partial charge in [0.05, 0.1) is 4.92 Å². The maximum atomic E-state index is 10.8. The van der Waals surface area contributed by atoms with E-state index >= 15 is 0 Å². The lowest BCUT2D eigenvalue weighted by Gasteiger charge is -2.08. The van der Waals surface area contributed by atoms with Crippen molar-refractivity contribution in [3.05, 3.63) is 39.4 Å². The van der Waals surface area contributed by atoms with E-state index in [-0.39, 0.29) is 24.5 Å². The lowest BCUT2D eigenvalue weighted by molar-refractivity contribution is -0.386. The van der Waals surface area contributed by atoms with Crippen LogP contribution in [0.1, 0.15) is 11.1 Å². The van der Waals surface area contributed by atoms with Gasteiger partial charge in [0.15, 0.2) is 0 Å². The quantitative estimate of drug-likeness (QED) is 0.626. The van der Waals surface area contributed by atoms with Gasteiger partial charge in [-0.05, 0) is 6.92 Å². The van der Waals surface area contributed by atoms with Crippen molar-refractivity contribution >= 4 is 24.1 Å². The van der Waals surface area contributed by atoms with Gasteiger partial charge in [-0.15, -0.1) is 12.4 Å². The fourth-order valence-corrected chi connectivity index (χ4v) is 1.47. The molecule has 0 fully saturated rings. The van der Waals surface area contributed by atoms with Gasteiger partial charge in [0.25, 0.3) is 5.69 Å². The Hall–Kier alpha value is -1.66. The summed E-state index contributed by atoms with van der Waals surface area (Å²) in [6, 6.07) is 3.65. The topological polar surface area (TPSA) is 106 Å². The average molecular weight is 261 g/mol. The fourth-order valence-electron chi connectivity index (χ4n) is 1.47. The van der Waals surface area contributed by atoms with Crippen LogP contribution >= 0.6 is 12.4 Å². The van der Waals surface area contributed by atoms with Crippen LogP contribution in [-0.2, 0) is 11.2 Å². The number of benzene rings is 1. The number of aryl methyl sites for hydroxylation is 1. The fraction of sp³-hybridized carbons (Fsp3) is 0.300. The zero-order valence-corrected chi connectivity index (χ0v) is 9.94. The van der Waals surface area contributed by atoms with E-state index in [1.807, 2.05) is 0 Å². The number of aliphatic carboxylic acids is 1. The summed E-state index contributed by atoms with van der Waals surface area (Å²) in [6.07, 6.45) is -0.0483. The van der Waals surface area contributed by atoms with Crippen LogP contribution in [0.2, 0.25) is 0 Å². The van der Waals surface area contributed by atoms with Crippen molar-refractivity contribution in [2.45, 2.75) is 19.4 Å². The molecule has 1 aromatic rings. The van der Waals surface area contributed by atoms with Gasteiger partial charge >= 0.3 is 5.97 Å². The Morgan fingerprint density at radius 3 is 2.65 bits per heavy atom. The highest BCUT2D eigenvalue weighted by Crippen LogP contribution is 2.23. The number of carboxylic acids is 1. The van der Waals surface area contributed by atoms with Gasteiger partial charge < -0.3 is 10.8 Å². The molecule has 0 bridgehead atoms. The minimum atomic E-state index is -1.17. The number of halogens is 1. The van der Waals surface area contributed by atoms with Crippen molar-refractivity contribution in [2.75, 3.05) is 0 Å². The molecule has 1 aromatic carbocycles. The monoisotopic (exact) mass is 260 g/mol. The second-order valence-electron chi connectivity index (χ2n) is 3.49. The van der Waals surface area contributed by atoms with Crippen LogP contribution in [0.5, 0.6) is 0 Å². The summed E-state index contributed by atoms with van der Waals surface area (Å²) in [4.78, 5) is 20.9. The number of nitro groups is 1. The van der Waals surface area contributed by atoms with Crippen LogP contribution in [0.25, 0.3) is 0 Å². The first-order chi connectivity index (χ1) is 7.43. The average Bonchev–Trinajstić information content (AvgIpc) is 2.16. The van der Waals surface area contributed by atoms with E-state index in [1.165, 1.54) is 6.07 Å². The van der Waals surface area contributed by atoms with E-state index in [4.69, 9.17) is 10.8 Å². The molecule has 3 N–H and O–H groups in total. The van der Waals surface area contributed by atoms with Gasteiger partial charge in [-0.3, -0.25) is 14.9 Å². The summed E-state index contributed by atoms with van der Waals surface area (Å²) in [5.74, 6) is -1.17. The predicted molar refractivity (Wildman–Crippen MR) is 64.4 cm³/mol. The summed E-state index contributed by atoms with van der Waals surface area (Å²) in [6.45, 7) is 1.61. The SMILES string of the molecule is Cc1cccc(C[C@H](N)C(=O)O)c1[N+](=O)[O-].Cl. The largest absolute Gasteiger partial charge is 0.480 e. The molecular weight excluding hydrogens is 248 g/mol. The lowest BCUT2D eigenvalue weighted by atomic mass is 10.0. The molecular formula is C10H13ClN2O4. The molecule has 1 atom stereocenters. The number of carboxylic acid groups (broad SMARTS) is 1. The van der Waals surface area contributed by atoms with E-state index in [9.17, 15) is 14.9 Å². The van der Waals surface area contributed by atoms with Crippen LogP contribution < -0.4 is 5.73 Å². The first-order valence-corrected chi connectivity index (χ1v) is 4.64. The minimum absolute atomic E-state index is 0. The number of hydrogen-bond donors (Lipinski definition) is 2. The predicted octanol–water partition coefficient (Wildman–Crippen LogP) is 1.28. The summed E-state index contributed by atoms with van der Waals surface area (Å²) < 4.78 is 0. The van der Waals surface area contributed by atoms with Crippen LogP contribution in [0.4, 0.5) is 5.69 Å². The summed E-state index contributed by atoms with van der Waals surface area (Å²) >= 11 is 0. The molecule has 0 unspecified atom stereocenters. The van der Waals surface area contributed by atoms with Crippen molar-refractivity contribution in [3.8, 4) is 0 Å². The zero-order valence-electron chi connectivity index (χ0n) is 9.12. The van der Waals surface area contributed by atoms with E-state index < -0.39 is 16.9 Å². The molecule has 0 amide bonds. The third-order valence-corrected chi connectivity index (χ3v) is 2.26. The van der Waals surface area contributed by atoms with E-state index in [1.54, 1.807) is 19.1 Å². The number of nitrogens with two attached hydrogens (primary N) is 1. The third kappa shape index (κ3) is 3.69. The van der Waals surface area contributed by atoms with Gasteiger partial charge in [-0.25, -0.2) is 0 Å². The number of para-hydroxylation sites is 1. The standard InChI is InChI=1S/C10H12N2O4.ClH/c1-6-3-2-4-7(9(6)12(15)16)5-8(11)10(13)14;/h2-4,8H,5,11H2,1H3,(H,13,14);1H/t8-;/m0./s1. The van der Waals surface area contributed by atoms with Crippen LogP contribution in [0.15, 0.2) is 18.2 Å². The Morgan fingerprint density at radius 2 is 2.18 bits per heavy atom. The second-order valence-corrected chi connectivity index (χ2v) is 3.49. The van der Waals surface area contributed by atoms with Gasteiger partial charge in [0, 0.05) is 17.5 Å². The molecule has 0 heterocycles. The molecule has 0 saturated heterocycles. The summed E-state index contributed by atoms with van der Waals surface area (Å²) in [5, 5.41) is 19.5. The highest BCUT2D eigenvalue weighted by molar-refractivity contribution is 5.85. The maximum Gasteiger partial charge on any atom is 0.320 e. The summed E-state index contributed by atoms with van der Waals surface area (Å²) in [5.41, 5.74) is 6.14. The minimum Gasteiger partial charge on any atom is -0.480 e. The lowest BCUT2D eigenvalue weighted by Crippen LogP contribution is -2.32. The Bertz CT molecular complexity index is 436. The molecule has 0 spiro atoms. The molecule has 94 valence electrons. The normalized spacial score (nSPS) is 11.4. The second kappa shape index (κ2) is 6.17. The molecule has 0 aromatic heterocycles. The Morgan fingerprint density at radius 1 is 1.59 bits per heavy atom. The Balaban J connectivity index is 0.00000256. The zero-order chi connectivity index (χ0) is 12.3. The summed E-state index contributed by atoms with van der Waals surface area (Å²) in [7, 11) is 0. The van der Waals surface area contributed by atoms with Crippen LogP contribution in [0.3, 0.4) is 0 Å². The number of nitrogens with zero attached hydrogens (tertiary/aromatic N) is 1. The molecule has 17 heavy (non-hydrogen) atoms.